The van der Waals surface area contributed by atoms with Gasteiger partial charge < -0.3 is 28.8 Å². The van der Waals surface area contributed by atoms with Gasteiger partial charge in [-0.05, 0) is 0 Å². The summed E-state index contributed by atoms with van der Waals surface area (Å²) in [6, 6.07) is 12.5. The van der Waals surface area contributed by atoms with Crippen LogP contribution in [0.5, 0.6) is 0 Å². The predicted molar refractivity (Wildman–Crippen MR) is 68.2 cm³/mol. The first kappa shape index (κ1) is 18.4. The minimum Gasteiger partial charge on any atom is -0.388 e. The molecule has 0 amide bonds. The standard InChI is InChI=1S/2C5H7O3Si.Fe/c2*6-9(7,8)5-3-1-2-4-5;/h2*1-4,6-8H;/q2*-1;+2. The van der Waals surface area contributed by atoms with Crippen LogP contribution in [0.2, 0.25) is 0 Å². The second-order valence-electron chi connectivity index (χ2n) is 3.62. The summed E-state index contributed by atoms with van der Waals surface area (Å²) in [5.74, 6) is 0. The van der Waals surface area contributed by atoms with Gasteiger partial charge in [0.2, 0.25) is 0 Å². The van der Waals surface area contributed by atoms with Crippen LogP contribution in [0.4, 0.5) is 0 Å². The van der Waals surface area contributed by atoms with Gasteiger partial charge in [0, 0.05) is 0 Å². The molecular formula is C10H14FeO6Si2. The van der Waals surface area contributed by atoms with E-state index >= 15 is 0 Å². The zero-order valence-corrected chi connectivity index (χ0v) is 12.8. The van der Waals surface area contributed by atoms with Crippen molar-refractivity contribution in [3.05, 3.63) is 48.5 Å². The van der Waals surface area contributed by atoms with E-state index in [9.17, 15) is 0 Å². The Hall–Kier alpha value is -0.587. The number of hydrogen-bond acceptors (Lipinski definition) is 6. The first-order chi connectivity index (χ1) is 8.21. The molecule has 0 bridgehead atoms. The molecule has 0 aliphatic rings. The summed E-state index contributed by atoms with van der Waals surface area (Å²) in [6.07, 6.45) is 0. The van der Waals surface area contributed by atoms with Gasteiger partial charge in [-0.1, -0.05) is 10.4 Å². The summed E-state index contributed by atoms with van der Waals surface area (Å²) in [5, 5.41) is 0.449. The molecule has 0 spiro atoms. The van der Waals surface area contributed by atoms with Crippen molar-refractivity contribution in [2.45, 2.75) is 0 Å². The molecule has 0 saturated carbocycles. The fraction of sp³-hybridized carbons (Fsp3) is 0. The summed E-state index contributed by atoms with van der Waals surface area (Å²) in [7, 11) is -7.96. The topological polar surface area (TPSA) is 121 Å². The van der Waals surface area contributed by atoms with Crippen molar-refractivity contribution in [3.8, 4) is 0 Å². The van der Waals surface area contributed by atoms with Crippen molar-refractivity contribution in [2.75, 3.05) is 0 Å². The van der Waals surface area contributed by atoms with Crippen LogP contribution in [0.3, 0.4) is 0 Å². The van der Waals surface area contributed by atoms with Crippen molar-refractivity contribution in [1.82, 2.24) is 0 Å². The van der Waals surface area contributed by atoms with E-state index in [2.05, 4.69) is 0 Å². The van der Waals surface area contributed by atoms with Crippen LogP contribution >= 0.6 is 0 Å². The molecule has 0 atom stereocenters. The van der Waals surface area contributed by atoms with Gasteiger partial charge in [-0.2, -0.15) is 24.3 Å². The van der Waals surface area contributed by atoms with E-state index in [-0.39, 0.29) is 27.4 Å². The molecule has 2 aromatic rings. The molecule has 0 saturated heterocycles. The molecule has 2 rings (SSSR count). The van der Waals surface area contributed by atoms with E-state index < -0.39 is 17.6 Å². The summed E-state index contributed by atoms with van der Waals surface area (Å²) in [4.78, 5) is 51.8. The van der Waals surface area contributed by atoms with Crippen LogP contribution in [-0.2, 0) is 17.1 Å². The second-order valence-corrected chi connectivity index (χ2v) is 7.31. The van der Waals surface area contributed by atoms with Crippen LogP contribution < -0.4 is 10.4 Å². The monoisotopic (exact) mass is 342 g/mol. The fourth-order valence-corrected chi connectivity index (χ4v) is 2.47. The zero-order chi connectivity index (χ0) is 13.8. The van der Waals surface area contributed by atoms with Gasteiger partial charge in [-0.15, -0.1) is 0 Å². The molecule has 2 aromatic carbocycles. The zero-order valence-electron chi connectivity index (χ0n) is 9.66. The molecule has 0 unspecified atom stereocenters. The molecule has 0 aliphatic carbocycles. The predicted octanol–water partition coefficient (Wildman–Crippen LogP) is -2.95. The fourth-order valence-electron chi connectivity index (χ4n) is 1.20. The maximum absolute atomic E-state index is 8.63. The molecule has 0 radical (unpaired) electrons. The minimum absolute atomic E-state index is 0. The summed E-state index contributed by atoms with van der Waals surface area (Å²) >= 11 is 0. The van der Waals surface area contributed by atoms with Crippen LogP contribution in [0.25, 0.3) is 0 Å². The maximum atomic E-state index is 8.63. The summed E-state index contributed by atoms with van der Waals surface area (Å²) < 4.78 is 0. The van der Waals surface area contributed by atoms with Crippen molar-refractivity contribution < 1.29 is 45.8 Å². The Morgan fingerprint density at radius 1 is 0.684 bits per heavy atom. The van der Waals surface area contributed by atoms with Crippen LogP contribution in [-0.4, -0.2) is 46.4 Å². The maximum Gasteiger partial charge on any atom is 2.00 e. The third-order valence-electron chi connectivity index (χ3n) is 2.10. The SMILES string of the molecule is O[Si](O)(O)c1ccc[cH-]1.O[Si](O)(O)c1ccc[cH-]1.[Fe+2]. The van der Waals surface area contributed by atoms with E-state index in [4.69, 9.17) is 28.8 Å². The van der Waals surface area contributed by atoms with E-state index in [0.717, 1.165) is 0 Å². The normalized spacial score (nSPS) is 11.3. The second kappa shape index (κ2) is 7.26. The molecule has 0 aliphatic heterocycles. The first-order valence-electron chi connectivity index (χ1n) is 5.00. The van der Waals surface area contributed by atoms with Crippen LogP contribution in [0.1, 0.15) is 0 Å². The molecular weight excluding hydrogens is 328 g/mol. The molecule has 19 heavy (non-hydrogen) atoms. The molecule has 6 N–H and O–H groups in total. The quantitative estimate of drug-likeness (QED) is 0.257. The van der Waals surface area contributed by atoms with Crippen LogP contribution in [0.15, 0.2) is 48.5 Å². The van der Waals surface area contributed by atoms with Crippen molar-refractivity contribution >= 4 is 28.0 Å². The molecule has 0 fully saturated rings. The third-order valence-corrected chi connectivity index (χ3v) is 4.32. The Kier molecular flexibility index (Phi) is 7.04. The van der Waals surface area contributed by atoms with Gasteiger partial charge in [0.25, 0.3) is 0 Å². The average Bonchev–Trinajstić information content (AvgIpc) is 2.91. The van der Waals surface area contributed by atoms with Crippen LogP contribution in [0, 0.1) is 0 Å². The number of hydrogen-bond donors (Lipinski definition) is 6. The number of rotatable bonds is 2. The molecule has 9 heteroatoms. The Labute approximate surface area is 122 Å². The molecule has 0 aromatic heterocycles. The smallest absolute Gasteiger partial charge is 0.388 e. The van der Waals surface area contributed by atoms with E-state index in [1.165, 1.54) is 24.3 Å². The minimum atomic E-state index is -3.98. The summed E-state index contributed by atoms with van der Waals surface area (Å²) in [6.45, 7) is 0. The largest absolute Gasteiger partial charge is 2.00 e. The Balaban J connectivity index is 0.000000324. The van der Waals surface area contributed by atoms with Gasteiger partial charge in [0.05, 0.1) is 0 Å². The molecule has 106 valence electrons. The summed E-state index contributed by atoms with van der Waals surface area (Å²) in [5.41, 5.74) is 0. The van der Waals surface area contributed by atoms with E-state index in [0.29, 0.717) is 0 Å². The Morgan fingerprint density at radius 2 is 1.00 bits per heavy atom. The van der Waals surface area contributed by atoms with Gasteiger partial charge in [-0.25, -0.2) is 24.3 Å². The molecule has 0 heterocycles. The average molecular weight is 342 g/mol. The molecule has 6 nitrogen and oxygen atoms in total. The third kappa shape index (κ3) is 6.41. The van der Waals surface area contributed by atoms with E-state index in [1.807, 2.05) is 0 Å². The van der Waals surface area contributed by atoms with Gasteiger partial charge >= 0.3 is 34.7 Å². The van der Waals surface area contributed by atoms with E-state index in [1.54, 1.807) is 24.3 Å². The van der Waals surface area contributed by atoms with Crippen molar-refractivity contribution in [3.63, 3.8) is 0 Å². The first-order valence-corrected chi connectivity index (χ1v) is 8.68. The van der Waals surface area contributed by atoms with Gasteiger partial charge in [0.15, 0.2) is 0 Å². The van der Waals surface area contributed by atoms with Crippen molar-refractivity contribution in [1.29, 1.82) is 0 Å². The Bertz CT molecular complexity index is 399. The Morgan fingerprint density at radius 3 is 1.11 bits per heavy atom. The van der Waals surface area contributed by atoms with Gasteiger partial charge in [0.1, 0.15) is 0 Å². The van der Waals surface area contributed by atoms with Gasteiger partial charge in [-0.3, -0.25) is 0 Å². The van der Waals surface area contributed by atoms with Crippen molar-refractivity contribution in [2.24, 2.45) is 0 Å².